The molecular weight excluding hydrogens is 236 g/mol. The van der Waals surface area contributed by atoms with Crippen LogP contribution in [0.2, 0.25) is 0 Å². The van der Waals surface area contributed by atoms with Gasteiger partial charge in [0.05, 0.1) is 6.54 Å². The second-order valence-electron chi connectivity index (χ2n) is 5.19. The van der Waals surface area contributed by atoms with Crippen molar-refractivity contribution in [1.82, 2.24) is 10.2 Å². The van der Waals surface area contributed by atoms with Gasteiger partial charge in [0.15, 0.2) is 0 Å². The first-order chi connectivity index (χ1) is 9.13. The summed E-state index contributed by atoms with van der Waals surface area (Å²) in [4.78, 5) is 14.1. The molecular formula is C16H26N2O. The lowest BCUT2D eigenvalue weighted by Gasteiger charge is -2.25. The van der Waals surface area contributed by atoms with Gasteiger partial charge in [0.25, 0.3) is 0 Å². The summed E-state index contributed by atoms with van der Waals surface area (Å²) in [7, 11) is 0. The first-order valence-corrected chi connectivity index (χ1v) is 7.18. The number of carbonyl (C=O) groups excluding carboxylic acids is 1. The van der Waals surface area contributed by atoms with Gasteiger partial charge in [-0.1, -0.05) is 43.7 Å². The Morgan fingerprint density at radius 3 is 2.53 bits per heavy atom. The highest BCUT2D eigenvalue weighted by Crippen LogP contribution is 2.07. The van der Waals surface area contributed by atoms with Crippen molar-refractivity contribution in [2.24, 2.45) is 0 Å². The van der Waals surface area contributed by atoms with Crippen molar-refractivity contribution >= 4 is 5.91 Å². The number of carbonyl (C=O) groups is 1. The molecule has 1 aromatic rings. The van der Waals surface area contributed by atoms with E-state index >= 15 is 0 Å². The second-order valence-corrected chi connectivity index (χ2v) is 5.19. The molecule has 0 spiro atoms. The number of benzene rings is 1. The van der Waals surface area contributed by atoms with Crippen LogP contribution in [-0.2, 0) is 11.3 Å². The molecule has 1 aromatic carbocycles. The molecule has 0 radical (unpaired) electrons. The number of unbranched alkanes of at least 4 members (excludes halogenated alkanes) is 1. The summed E-state index contributed by atoms with van der Waals surface area (Å²) in [6.07, 6.45) is 2.16. The lowest BCUT2D eigenvalue weighted by molar-refractivity contribution is -0.122. The molecule has 0 atom stereocenters. The SMILES string of the molecule is CCCCNC(=O)CN(Cc1ccccc1)C(C)C. The third-order valence-electron chi connectivity index (χ3n) is 3.16. The molecule has 0 aliphatic carbocycles. The average molecular weight is 262 g/mol. The van der Waals surface area contributed by atoms with Crippen molar-refractivity contribution < 1.29 is 4.79 Å². The van der Waals surface area contributed by atoms with Crippen LogP contribution in [0.5, 0.6) is 0 Å². The number of hydrogen-bond acceptors (Lipinski definition) is 2. The molecule has 1 N–H and O–H groups in total. The molecule has 0 saturated heterocycles. The van der Waals surface area contributed by atoms with E-state index < -0.39 is 0 Å². The molecule has 0 aliphatic rings. The smallest absolute Gasteiger partial charge is 0.234 e. The molecule has 1 rings (SSSR count). The van der Waals surface area contributed by atoms with Gasteiger partial charge in [-0.05, 0) is 25.8 Å². The van der Waals surface area contributed by atoms with Crippen LogP contribution in [0.4, 0.5) is 0 Å². The number of nitrogens with zero attached hydrogens (tertiary/aromatic N) is 1. The molecule has 0 aliphatic heterocycles. The van der Waals surface area contributed by atoms with Crippen LogP contribution >= 0.6 is 0 Å². The lowest BCUT2D eigenvalue weighted by Crippen LogP contribution is -2.40. The Morgan fingerprint density at radius 2 is 1.95 bits per heavy atom. The molecule has 3 nitrogen and oxygen atoms in total. The molecule has 0 unspecified atom stereocenters. The average Bonchev–Trinajstić information content (AvgIpc) is 2.39. The minimum Gasteiger partial charge on any atom is -0.355 e. The van der Waals surface area contributed by atoms with Gasteiger partial charge in [-0.3, -0.25) is 9.69 Å². The number of rotatable bonds is 8. The molecule has 3 heteroatoms. The fourth-order valence-corrected chi connectivity index (χ4v) is 1.88. The normalized spacial score (nSPS) is 11.0. The lowest BCUT2D eigenvalue weighted by atomic mass is 10.2. The van der Waals surface area contributed by atoms with Gasteiger partial charge in [-0.15, -0.1) is 0 Å². The van der Waals surface area contributed by atoms with Gasteiger partial charge in [0.1, 0.15) is 0 Å². The van der Waals surface area contributed by atoms with Gasteiger partial charge in [-0.25, -0.2) is 0 Å². The summed E-state index contributed by atoms with van der Waals surface area (Å²) in [5, 5.41) is 2.97. The molecule has 0 bridgehead atoms. The van der Waals surface area contributed by atoms with Crippen LogP contribution in [0.3, 0.4) is 0 Å². The summed E-state index contributed by atoms with van der Waals surface area (Å²) in [6, 6.07) is 10.6. The molecule has 0 aromatic heterocycles. The minimum absolute atomic E-state index is 0.123. The zero-order valence-electron chi connectivity index (χ0n) is 12.4. The third kappa shape index (κ3) is 6.39. The van der Waals surface area contributed by atoms with E-state index in [4.69, 9.17) is 0 Å². The van der Waals surface area contributed by atoms with E-state index in [0.717, 1.165) is 25.9 Å². The molecule has 0 saturated carbocycles. The van der Waals surface area contributed by atoms with Gasteiger partial charge >= 0.3 is 0 Å². The highest BCUT2D eigenvalue weighted by atomic mass is 16.2. The molecule has 19 heavy (non-hydrogen) atoms. The van der Waals surface area contributed by atoms with Gasteiger partial charge in [-0.2, -0.15) is 0 Å². The van der Waals surface area contributed by atoms with Crippen LogP contribution in [-0.4, -0.2) is 29.9 Å². The highest BCUT2D eigenvalue weighted by molar-refractivity contribution is 5.78. The maximum Gasteiger partial charge on any atom is 0.234 e. The van der Waals surface area contributed by atoms with E-state index in [1.807, 2.05) is 18.2 Å². The summed E-state index contributed by atoms with van der Waals surface area (Å²) < 4.78 is 0. The van der Waals surface area contributed by atoms with Crippen LogP contribution < -0.4 is 5.32 Å². The Balaban J connectivity index is 2.47. The topological polar surface area (TPSA) is 32.3 Å². The fraction of sp³-hybridized carbons (Fsp3) is 0.562. The fourth-order valence-electron chi connectivity index (χ4n) is 1.88. The molecule has 0 heterocycles. The van der Waals surface area contributed by atoms with E-state index in [9.17, 15) is 4.79 Å². The predicted molar refractivity (Wildman–Crippen MR) is 79.9 cm³/mol. The van der Waals surface area contributed by atoms with Crippen molar-refractivity contribution in [1.29, 1.82) is 0 Å². The monoisotopic (exact) mass is 262 g/mol. The van der Waals surface area contributed by atoms with E-state index in [2.05, 4.69) is 43.1 Å². The second kappa shape index (κ2) is 8.70. The Kier molecular flexibility index (Phi) is 7.19. The predicted octanol–water partition coefficient (Wildman–Crippen LogP) is 2.81. The zero-order chi connectivity index (χ0) is 14.1. The zero-order valence-corrected chi connectivity index (χ0v) is 12.4. The van der Waals surface area contributed by atoms with Gasteiger partial charge in [0.2, 0.25) is 5.91 Å². The summed E-state index contributed by atoms with van der Waals surface area (Å²) in [5.74, 6) is 0.123. The quantitative estimate of drug-likeness (QED) is 0.731. The number of amides is 1. The maximum absolute atomic E-state index is 11.9. The first kappa shape index (κ1) is 15.7. The Labute approximate surface area is 117 Å². The van der Waals surface area contributed by atoms with E-state index in [1.54, 1.807) is 0 Å². The van der Waals surface area contributed by atoms with Crippen LogP contribution in [0.15, 0.2) is 30.3 Å². The van der Waals surface area contributed by atoms with Crippen LogP contribution in [0.1, 0.15) is 39.2 Å². The Bertz CT molecular complexity index is 362. The van der Waals surface area contributed by atoms with Crippen molar-refractivity contribution in [3.63, 3.8) is 0 Å². The standard InChI is InChI=1S/C16H26N2O/c1-4-5-11-17-16(19)13-18(14(2)3)12-15-9-7-6-8-10-15/h6-10,14H,4-5,11-13H2,1-3H3,(H,17,19). The summed E-state index contributed by atoms with van der Waals surface area (Å²) in [5.41, 5.74) is 1.25. The largest absolute Gasteiger partial charge is 0.355 e. The molecule has 0 fully saturated rings. The Morgan fingerprint density at radius 1 is 1.26 bits per heavy atom. The third-order valence-corrected chi connectivity index (χ3v) is 3.16. The highest BCUT2D eigenvalue weighted by Gasteiger charge is 2.13. The Hall–Kier alpha value is -1.35. The van der Waals surface area contributed by atoms with Gasteiger partial charge in [0, 0.05) is 19.1 Å². The maximum atomic E-state index is 11.9. The molecule has 106 valence electrons. The van der Waals surface area contributed by atoms with E-state index in [0.29, 0.717) is 12.6 Å². The van der Waals surface area contributed by atoms with Crippen molar-refractivity contribution in [2.75, 3.05) is 13.1 Å². The van der Waals surface area contributed by atoms with Gasteiger partial charge < -0.3 is 5.32 Å². The van der Waals surface area contributed by atoms with E-state index in [-0.39, 0.29) is 5.91 Å². The van der Waals surface area contributed by atoms with Crippen molar-refractivity contribution in [3.8, 4) is 0 Å². The van der Waals surface area contributed by atoms with Crippen LogP contribution in [0.25, 0.3) is 0 Å². The first-order valence-electron chi connectivity index (χ1n) is 7.18. The summed E-state index contributed by atoms with van der Waals surface area (Å²) >= 11 is 0. The minimum atomic E-state index is 0.123. The summed E-state index contributed by atoms with van der Waals surface area (Å²) in [6.45, 7) is 8.45. The van der Waals surface area contributed by atoms with Crippen molar-refractivity contribution in [3.05, 3.63) is 35.9 Å². The van der Waals surface area contributed by atoms with Crippen molar-refractivity contribution in [2.45, 2.75) is 46.2 Å². The number of hydrogen-bond donors (Lipinski definition) is 1. The number of nitrogens with one attached hydrogen (secondary N) is 1. The van der Waals surface area contributed by atoms with E-state index in [1.165, 1.54) is 5.56 Å². The van der Waals surface area contributed by atoms with Crippen LogP contribution in [0, 0.1) is 0 Å². The molecule has 1 amide bonds.